The first-order chi connectivity index (χ1) is 12.2. The van der Waals surface area contributed by atoms with Crippen molar-refractivity contribution in [3.8, 4) is 27.8 Å². The summed E-state index contributed by atoms with van der Waals surface area (Å²) in [5.41, 5.74) is 3.78. The summed E-state index contributed by atoms with van der Waals surface area (Å²) < 4.78 is 13.1. The van der Waals surface area contributed by atoms with Crippen molar-refractivity contribution in [3.05, 3.63) is 64.8 Å². The van der Waals surface area contributed by atoms with E-state index in [2.05, 4.69) is 10.4 Å². The highest BCUT2D eigenvalue weighted by atomic mass is 35.5. The molecule has 25 heavy (non-hydrogen) atoms. The second kappa shape index (κ2) is 6.43. The van der Waals surface area contributed by atoms with Crippen molar-refractivity contribution in [2.24, 2.45) is 0 Å². The first kappa shape index (κ1) is 16.0. The lowest BCUT2D eigenvalue weighted by molar-refractivity contribution is 0.413. The van der Waals surface area contributed by atoms with E-state index in [-0.39, 0.29) is 0 Å². The van der Waals surface area contributed by atoms with Crippen LogP contribution < -0.4 is 9.47 Å². The molecule has 3 aromatic heterocycles. The average Bonchev–Trinajstić information content (AvgIpc) is 3.20. The van der Waals surface area contributed by atoms with Gasteiger partial charge in [0.1, 0.15) is 11.5 Å². The van der Waals surface area contributed by atoms with Crippen molar-refractivity contribution < 1.29 is 9.47 Å². The molecule has 4 nitrogen and oxygen atoms in total. The van der Waals surface area contributed by atoms with Crippen LogP contribution >= 0.6 is 22.9 Å². The highest BCUT2D eigenvalue weighted by molar-refractivity contribution is 7.12. The van der Waals surface area contributed by atoms with Crippen LogP contribution in [0.2, 0.25) is 5.02 Å². The SMILES string of the molecule is COc1ccc(Oc2cc(-c3c(C)nc4c(Cl)cccn34)cs2)cc1. The molecular formula is C19H15ClN2O2S. The molecule has 0 amide bonds. The van der Waals surface area contributed by atoms with Crippen LogP contribution in [-0.4, -0.2) is 16.5 Å². The number of halogens is 1. The Hall–Kier alpha value is -2.50. The Balaban J connectivity index is 1.67. The maximum absolute atomic E-state index is 6.25. The Bertz CT molecular complexity index is 1040. The minimum Gasteiger partial charge on any atom is -0.497 e. The van der Waals surface area contributed by atoms with Crippen molar-refractivity contribution in [2.75, 3.05) is 7.11 Å². The summed E-state index contributed by atoms with van der Waals surface area (Å²) in [6.07, 6.45) is 1.97. The molecule has 0 radical (unpaired) electrons. The fourth-order valence-corrected chi connectivity index (χ4v) is 3.72. The van der Waals surface area contributed by atoms with Crippen molar-refractivity contribution in [2.45, 2.75) is 6.92 Å². The van der Waals surface area contributed by atoms with Gasteiger partial charge in [-0.1, -0.05) is 11.6 Å². The van der Waals surface area contributed by atoms with Crippen LogP contribution in [0.1, 0.15) is 5.69 Å². The molecule has 0 aliphatic rings. The number of benzene rings is 1. The van der Waals surface area contributed by atoms with Gasteiger partial charge < -0.3 is 9.47 Å². The Morgan fingerprint density at radius 1 is 1.12 bits per heavy atom. The van der Waals surface area contributed by atoms with Gasteiger partial charge in [-0.05, 0) is 43.3 Å². The fourth-order valence-electron chi connectivity index (χ4n) is 2.75. The number of hydrogen-bond donors (Lipinski definition) is 0. The number of rotatable bonds is 4. The highest BCUT2D eigenvalue weighted by Crippen LogP contribution is 2.36. The quantitative estimate of drug-likeness (QED) is 0.453. The average molecular weight is 371 g/mol. The molecule has 0 fully saturated rings. The van der Waals surface area contributed by atoms with Gasteiger partial charge in [-0.15, -0.1) is 11.3 Å². The van der Waals surface area contributed by atoms with Gasteiger partial charge in [-0.2, -0.15) is 0 Å². The predicted octanol–water partition coefficient (Wildman–Crippen LogP) is 5.83. The van der Waals surface area contributed by atoms with Crippen LogP contribution in [0.5, 0.6) is 16.6 Å². The predicted molar refractivity (Wildman–Crippen MR) is 101 cm³/mol. The molecule has 3 heterocycles. The number of hydrogen-bond acceptors (Lipinski definition) is 4. The summed E-state index contributed by atoms with van der Waals surface area (Å²) in [6, 6.07) is 13.3. The molecule has 126 valence electrons. The zero-order chi connectivity index (χ0) is 17.4. The van der Waals surface area contributed by atoms with Gasteiger partial charge in [0.05, 0.1) is 23.5 Å². The molecule has 0 spiro atoms. The zero-order valence-corrected chi connectivity index (χ0v) is 15.3. The monoisotopic (exact) mass is 370 g/mol. The van der Waals surface area contributed by atoms with Crippen LogP contribution in [-0.2, 0) is 0 Å². The van der Waals surface area contributed by atoms with Crippen molar-refractivity contribution in [3.63, 3.8) is 0 Å². The third-order valence-electron chi connectivity index (χ3n) is 3.90. The van der Waals surface area contributed by atoms with Crippen LogP contribution in [0.3, 0.4) is 0 Å². The Morgan fingerprint density at radius 3 is 2.64 bits per heavy atom. The van der Waals surface area contributed by atoms with Crippen LogP contribution in [0.15, 0.2) is 54.0 Å². The molecule has 1 aromatic carbocycles. The van der Waals surface area contributed by atoms with E-state index in [4.69, 9.17) is 21.1 Å². The van der Waals surface area contributed by atoms with E-state index in [1.54, 1.807) is 18.4 Å². The minimum absolute atomic E-state index is 0.641. The van der Waals surface area contributed by atoms with Crippen molar-refractivity contribution in [1.82, 2.24) is 9.38 Å². The normalized spacial score (nSPS) is 11.0. The summed E-state index contributed by atoms with van der Waals surface area (Å²) in [5.74, 6) is 1.57. The molecule has 4 aromatic rings. The van der Waals surface area contributed by atoms with Gasteiger partial charge in [-0.25, -0.2) is 4.98 Å². The van der Waals surface area contributed by atoms with Crippen molar-refractivity contribution >= 4 is 28.6 Å². The van der Waals surface area contributed by atoms with E-state index in [1.807, 2.05) is 60.0 Å². The van der Waals surface area contributed by atoms with Gasteiger partial charge in [-0.3, -0.25) is 4.40 Å². The maximum Gasteiger partial charge on any atom is 0.181 e. The number of pyridine rings is 1. The number of imidazole rings is 1. The first-order valence-electron chi connectivity index (χ1n) is 7.69. The number of methoxy groups -OCH3 is 1. The lowest BCUT2D eigenvalue weighted by atomic mass is 10.2. The molecule has 0 saturated heterocycles. The Labute approximate surface area is 154 Å². The second-order valence-electron chi connectivity index (χ2n) is 5.53. The molecule has 0 saturated carbocycles. The Kier molecular flexibility index (Phi) is 4.11. The van der Waals surface area contributed by atoms with E-state index in [9.17, 15) is 0 Å². The standard InChI is InChI=1S/C19H15ClN2O2S/c1-12-18(22-9-3-4-16(20)19(22)21-12)13-10-17(25-11-13)24-15-7-5-14(23-2)6-8-15/h3-11H,1-2H3. The molecule has 0 bridgehead atoms. The number of aromatic nitrogens is 2. The maximum atomic E-state index is 6.25. The van der Waals surface area contributed by atoms with E-state index < -0.39 is 0 Å². The van der Waals surface area contributed by atoms with Crippen LogP contribution in [0.25, 0.3) is 16.9 Å². The van der Waals surface area contributed by atoms with Gasteiger partial charge in [0.15, 0.2) is 10.7 Å². The number of nitrogens with zero attached hydrogens (tertiary/aromatic N) is 2. The zero-order valence-electron chi connectivity index (χ0n) is 13.7. The number of thiophene rings is 1. The molecule has 4 rings (SSSR count). The highest BCUT2D eigenvalue weighted by Gasteiger charge is 2.15. The van der Waals surface area contributed by atoms with Crippen molar-refractivity contribution in [1.29, 1.82) is 0 Å². The number of ether oxygens (including phenoxy) is 2. The molecule has 0 aliphatic carbocycles. The summed E-state index contributed by atoms with van der Waals surface area (Å²) in [4.78, 5) is 4.58. The lowest BCUT2D eigenvalue weighted by Crippen LogP contribution is -1.88. The van der Waals surface area contributed by atoms with Gasteiger partial charge in [0.2, 0.25) is 0 Å². The lowest BCUT2D eigenvalue weighted by Gasteiger charge is -2.04. The van der Waals surface area contributed by atoms with E-state index >= 15 is 0 Å². The molecular weight excluding hydrogens is 356 g/mol. The summed E-state index contributed by atoms with van der Waals surface area (Å²) in [6.45, 7) is 1.99. The summed E-state index contributed by atoms with van der Waals surface area (Å²) in [7, 11) is 1.64. The summed E-state index contributed by atoms with van der Waals surface area (Å²) >= 11 is 7.80. The van der Waals surface area contributed by atoms with Crippen LogP contribution in [0, 0.1) is 6.92 Å². The summed E-state index contributed by atoms with van der Waals surface area (Å²) in [5, 5.41) is 3.52. The Morgan fingerprint density at radius 2 is 1.88 bits per heavy atom. The third kappa shape index (κ3) is 2.97. The van der Waals surface area contributed by atoms with Crippen LogP contribution in [0.4, 0.5) is 0 Å². The second-order valence-corrected chi connectivity index (χ2v) is 6.81. The van der Waals surface area contributed by atoms with E-state index in [0.717, 1.165) is 39.2 Å². The number of fused-ring (bicyclic) bond motifs is 1. The topological polar surface area (TPSA) is 35.8 Å². The molecule has 0 aliphatic heterocycles. The van der Waals surface area contributed by atoms with Gasteiger partial charge >= 0.3 is 0 Å². The molecule has 0 N–H and O–H groups in total. The smallest absolute Gasteiger partial charge is 0.181 e. The van der Waals surface area contributed by atoms with E-state index in [1.165, 1.54) is 0 Å². The first-order valence-corrected chi connectivity index (χ1v) is 8.95. The minimum atomic E-state index is 0.641. The third-order valence-corrected chi connectivity index (χ3v) is 5.00. The number of aryl methyl sites for hydroxylation is 1. The van der Waals surface area contributed by atoms with E-state index in [0.29, 0.717) is 5.02 Å². The van der Waals surface area contributed by atoms with Gasteiger partial charge in [0.25, 0.3) is 0 Å². The molecule has 0 unspecified atom stereocenters. The molecule has 0 atom stereocenters. The largest absolute Gasteiger partial charge is 0.497 e. The fraction of sp³-hybridized carbons (Fsp3) is 0.105. The van der Waals surface area contributed by atoms with Gasteiger partial charge in [0, 0.05) is 23.2 Å². The molecule has 6 heteroatoms.